The molecular weight excluding hydrogens is 532 g/mol. The number of rotatable bonds is 9. The van der Waals surface area contributed by atoms with E-state index >= 15 is 0 Å². The fraction of sp³-hybridized carbons (Fsp3) is 0.0800. The molecule has 0 radical (unpaired) electrons. The number of nitrogens with zero attached hydrogens (tertiary/aromatic N) is 4. The predicted octanol–water partition coefficient (Wildman–Crippen LogP) is 3.79. The zero-order valence-electron chi connectivity index (χ0n) is 20.3. The number of ether oxygens (including phenoxy) is 2. The highest BCUT2D eigenvalue weighted by Gasteiger charge is 2.42. The Morgan fingerprint density at radius 1 is 0.850 bits per heavy atom. The number of nitro benzene ring substituents is 3. The van der Waals surface area contributed by atoms with Gasteiger partial charge in [-0.1, -0.05) is 18.2 Å². The van der Waals surface area contributed by atoms with Crippen molar-refractivity contribution in [1.29, 1.82) is 0 Å². The van der Waals surface area contributed by atoms with Gasteiger partial charge in [-0.2, -0.15) is 0 Å². The highest BCUT2D eigenvalue weighted by Crippen LogP contribution is 2.32. The summed E-state index contributed by atoms with van der Waals surface area (Å²) < 4.78 is 10.5. The molecule has 0 atom stereocenters. The number of non-ortho nitro benzene ring substituents is 1. The molecule has 1 aliphatic heterocycles. The van der Waals surface area contributed by atoms with E-state index in [2.05, 4.69) is 0 Å². The fourth-order valence-electron chi connectivity index (χ4n) is 3.90. The lowest BCUT2D eigenvalue weighted by molar-refractivity contribution is -0.394. The molecule has 0 spiro atoms. The molecule has 4 rings (SSSR count). The molecule has 0 saturated carbocycles. The van der Waals surface area contributed by atoms with Crippen molar-refractivity contribution in [2.75, 3.05) is 13.7 Å². The smallest absolute Gasteiger partial charge is 0.331 e. The molecule has 202 valence electrons. The monoisotopic (exact) mass is 548 g/mol. The predicted molar refractivity (Wildman–Crippen MR) is 136 cm³/mol. The first-order valence-electron chi connectivity index (χ1n) is 11.1. The standard InChI is InChI=1S/C25H16N4O11/c1-39-21-11-14(5-7-15-8-9-16(27(33)34)12-19(15)29(37)38)6-10-20(21)40-22(30)13-26-24(31)17-3-2-4-18(28(35)36)23(17)25(26)32/h2-12H,13H2,1H3/b7-5+. The molecule has 40 heavy (non-hydrogen) atoms. The summed E-state index contributed by atoms with van der Waals surface area (Å²) in [5.41, 5.74) is -1.52. The molecule has 1 heterocycles. The molecule has 0 aromatic heterocycles. The third-order valence-corrected chi connectivity index (χ3v) is 5.75. The molecule has 0 N–H and O–H groups in total. The lowest BCUT2D eigenvalue weighted by Gasteiger charge is -2.14. The maximum Gasteiger partial charge on any atom is 0.331 e. The van der Waals surface area contributed by atoms with Crippen LogP contribution in [0.2, 0.25) is 0 Å². The minimum Gasteiger partial charge on any atom is -0.493 e. The van der Waals surface area contributed by atoms with Gasteiger partial charge >= 0.3 is 5.97 Å². The van der Waals surface area contributed by atoms with E-state index in [1.807, 2.05) is 0 Å². The molecule has 0 aliphatic carbocycles. The second-order valence-corrected chi connectivity index (χ2v) is 8.13. The van der Waals surface area contributed by atoms with E-state index < -0.39 is 61.7 Å². The van der Waals surface area contributed by atoms with Crippen molar-refractivity contribution in [3.05, 3.63) is 107 Å². The van der Waals surface area contributed by atoms with E-state index in [-0.39, 0.29) is 22.6 Å². The Kier molecular flexibility index (Phi) is 7.29. The summed E-state index contributed by atoms with van der Waals surface area (Å²) in [7, 11) is 1.28. The van der Waals surface area contributed by atoms with E-state index in [1.54, 1.807) is 0 Å². The summed E-state index contributed by atoms with van der Waals surface area (Å²) in [6.07, 6.45) is 2.83. The SMILES string of the molecule is COc1cc(/C=C/c2ccc([N+](=O)[O-])cc2[N+](=O)[O-])ccc1OC(=O)CN1C(=O)c2cccc([N+](=O)[O-])c2C1=O. The van der Waals surface area contributed by atoms with Crippen molar-refractivity contribution in [1.82, 2.24) is 4.90 Å². The largest absolute Gasteiger partial charge is 0.493 e. The maximum atomic E-state index is 12.7. The highest BCUT2D eigenvalue weighted by molar-refractivity contribution is 6.24. The van der Waals surface area contributed by atoms with Gasteiger partial charge in [-0.05, 0) is 35.9 Å². The van der Waals surface area contributed by atoms with Crippen LogP contribution in [0.25, 0.3) is 12.2 Å². The highest BCUT2D eigenvalue weighted by atomic mass is 16.6. The van der Waals surface area contributed by atoms with Crippen LogP contribution in [0.1, 0.15) is 31.8 Å². The minimum atomic E-state index is -1.03. The summed E-state index contributed by atoms with van der Waals surface area (Å²) >= 11 is 0. The number of hydrogen-bond acceptors (Lipinski definition) is 11. The first kappa shape index (κ1) is 27.1. The van der Waals surface area contributed by atoms with Crippen LogP contribution >= 0.6 is 0 Å². The van der Waals surface area contributed by atoms with Crippen LogP contribution in [0, 0.1) is 30.3 Å². The quantitative estimate of drug-likeness (QED) is 0.0939. The van der Waals surface area contributed by atoms with Crippen molar-refractivity contribution in [2.24, 2.45) is 0 Å². The van der Waals surface area contributed by atoms with Crippen LogP contribution in [-0.2, 0) is 4.79 Å². The molecule has 0 unspecified atom stereocenters. The van der Waals surface area contributed by atoms with E-state index in [9.17, 15) is 44.7 Å². The van der Waals surface area contributed by atoms with Crippen molar-refractivity contribution in [2.45, 2.75) is 0 Å². The number of imide groups is 1. The zero-order valence-corrected chi connectivity index (χ0v) is 20.3. The number of esters is 1. The van der Waals surface area contributed by atoms with Crippen LogP contribution in [-0.4, -0.2) is 51.1 Å². The molecule has 15 heteroatoms. The molecule has 0 fully saturated rings. The lowest BCUT2D eigenvalue weighted by Crippen LogP contribution is -2.36. The number of carbonyl (C=O) groups is 3. The van der Waals surface area contributed by atoms with Gasteiger partial charge in [0.15, 0.2) is 11.5 Å². The average Bonchev–Trinajstić information content (AvgIpc) is 3.16. The van der Waals surface area contributed by atoms with E-state index in [4.69, 9.17) is 9.47 Å². The van der Waals surface area contributed by atoms with Crippen LogP contribution in [0.3, 0.4) is 0 Å². The van der Waals surface area contributed by atoms with Gasteiger partial charge in [0.2, 0.25) is 0 Å². The Hall–Kier alpha value is -5.99. The molecule has 0 bridgehead atoms. The second-order valence-electron chi connectivity index (χ2n) is 8.13. The summed E-state index contributed by atoms with van der Waals surface area (Å²) in [5.74, 6) is -2.93. The first-order chi connectivity index (χ1) is 19.0. The van der Waals surface area contributed by atoms with Gasteiger partial charge in [-0.3, -0.25) is 44.8 Å². The minimum absolute atomic E-state index is 0.0618. The number of amides is 2. The Morgan fingerprint density at radius 3 is 2.23 bits per heavy atom. The molecule has 1 aliphatic rings. The number of nitro groups is 3. The second kappa shape index (κ2) is 10.8. The number of methoxy groups -OCH3 is 1. The van der Waals surface area contributed by atoms with Gasteiger partial charge in [-0.15, -0.1) is 0 Å². The van der Waals surface area contributed by atoms with E-state index in [1.165, 1.54) is 55.7 Å². The number of hydrogen-bond donors (Lipinski definition) is 0. The van der Waals surface area contributed by atoms with Crippen molar-refractivity contribution in [3.8, 4) is 11.5 Å². The topological polar surface area (TPSA) is 202 Å². The van der Waals surface area contributed by atoms with Gasteiger partial charge < -0.3 is 9.47 Å². The molecule has 3 aromatic rings. The molecular formula is C25H16N4O11. The van der Waals surface area contributed by atoms with Crippen LogP contribution in [0.5, 0.6) is 11.5 Å². The molecule has 15 nitrogen and oxygen atoms in total. The lowest BCUT2D eigenvalue weighted by atomic mass is 10.1. The Bertz CT molecular complexity index is 1650. The van der Waals surface area contributed by atoms with Crippen LogP contribution in [0.15, 0.2) is 54.6 Å². The van der Waals surface area contributed by atoms with E-state index in [0.717, 1.165) is 18.2 Å². The number of carbonyl (C=O) groups excluding carboxylic acids is 3. The number of benzene rings is 3. The summed E-state index contributed by atoms with van der Waals surface area (Å²) in [4.78, 5) is 69.6. The summed E-state index contributed by atoms with van der Waals surface area (Å²) in [6, 6.07) is 11.0. The van der Waals surface area contributed by atoms with Gasteiger partial charge in [0.1, 0.15) is 12.1 Å². The van der Waals surface area contributed by atoms with Crippen molar-refractivity contribution < 1.29 is 38.6 Å². The molecule has 0 saturated heterocycles. The van der Waals surface area contributed by atoms with Crippen molar-refractivity contribution in [3.63, 3.8) is 0 Å². The van der Waals surface area contributed by atoms with Crippen molar-refractivity contribution >= 4 is 47.0 Å². The van der Waals surface area contributed by atoms with Crippen LogP contribution < -0.4 is 9.47 Å². The van der Waals surface area contributed by atoms with E-state index in [0.29, 0.717) is 10.5 Å². The first-order valence-corrected chi connectivity index (χ1v) is 11.1. The number of fused-ring (bicyclic) bond motifs is 1. The maximum absolute atomic E-state index is 12.7. The summed E-state index contributed by atoms with van der Waals surface area (Å²) in [6.45, 7) is -0.821. The Balaban J connectivity index is 1.50. The van der Waals surface area contributed by atoms with Gasteiger partial charge in [-0.25, -0.2) is 4.79 Å². The van der Waals surface area contributed by atoms with Gasteiger partial charge in [0.05, 0.1) is 39.1 Å². The fourth-order valence-corrected chi connectivity index (χ4v) is 3.90. The third kappa shape index (κ3) is 5.19. The van der Waals surface area contributed by atoms with Gasteiger partial charge in [0.25, 0.3) is 28.9 Å². The van der Waals surface area contributed by atoms with Crippen LogP contribution in [0.4, 0.5) is 17.1 Å². The van der Waals surface area contributed by atoms with Gasteiger partial charge in [0, 0.05) is 12.1 Å². The Morgan fingerprint density at radius 2 is 1.57 bits per heavy atom. The molecule has 2 amide bonds. The molecule has 3 aromatic carbocycles. The normalized spacial score (nSPS) is 12.4. The third-order valence-electron chi connectivity index (χ3n) is 5.75. The average molecular weight is 548 g/mol. The Labute approximate surface area is 223 Å². The zero-order chi connectivity index (χ0) is 29.1. The summed E-state index contributed by atoms with van der Waals surface area (Å²) in [5, 5.41) is 33.5.